The molecule has 0 spiro atoms. The number of nitrogens with two attached hydrogens (primary N) is 1. The van der Waals surface area contributed by atoms with E-state index in [-0.39, 0.29) is 34.2 Å². The molecule has 0 fully saturated rings. The van der Waals surface area contributed by atoms with Crippen molar-refractivity contribution in [2.24, 2.45) is 5.73 Å². The number of carbonyl (C=O) groups excluding carboxylic acids is 2. The lowest BCUT2D eigenvalue weighted by Gasteiger charge is -2.16. The molecule has 188 valence electrons. The third-order valence-electron chi connectivity index (χ3n) is 4.60. The highest BCUT2D eigenvalue weighted by molar-refractivity contribution is 7.53. The van der Waals surface area contributed by atoms with Crippen LogP contribution >= 0.6 is 30.5 Å². The number of benzene rings is 2. The molecule has 0 radical (unpaired) electrons. The molecule has 3 aromatic rings. The van der Waals surface area contributed by atoms with Crippen molar-refractivity contribution < 1.29 is 41.5 Å². The normalized spacial score (nSPS) is 11.6. The number of rotatable bonds is 11. The minimum atomic E-state index is -3.67. The Morgan fingerprint density at radius 2 is 1.74 bits per heavy atom. The Hall–Kier alpha value is -2.56. The fraction of sp³-hybridized carbons (Fsp3) is 0.273. The highest BCUT2D eigenvalue weighted by Gasteiger charge is 2.29. The molecule has 3 rings (SSSR count). The van der Waals surface area contributed by atoms with E-state index in [9.17, 15) is 22.9 Å². The SMILES string of the molecule is CCOP(=O)(COC(=O)c1sc2cccc(Cl)c2c1COc1c(F)cc(C(N)=O)cc1F)OCC. The van der Waals surface area contributed by atoms with Crippen LogP contribution in [0.3, 0.4) is 0 Å². The highest BCUT2D eigenvalue weighted by atomic mass is 35.5. The molecule has 13 heteroatoms. The van der Waals surface area contributed by atoms with E-state index >= 15 is 0 Å². The molecule has 0 bridgehead atoms. The number of thiophene rings is 1. The zero-order valence-corrected chi connectivity index (χ0v) is 21.1. The summed E-state index contributed by atoms with van der Waals surface area (Å²) in [6, 6.07) is 6.43. The van der Waals surface area contributed by atoms with Gasteiger partial charge in [-0.2, -0.15) is 0 Å². The van der Waals surface area contributed by atoms with E-state index in [0.29, 0.717) is 10.1 Å². The molecule has 0 saturated carbocycles. The van der Waals surface area contributed by atoms with Crippen molar-refractivity contribution in [2.45, 2.75) is 20.5 Å². The Balaban J connectivity index is 1.93. The van der Waals surface area contributed by atoms with E-state index in [1.807, 2.05) is 0 Å². The summed E-state index contributed by atoms with van der Waals surface area (Å²) in [6.45, 7) is 2.93. The Morgan fingerprint density at radius 3 is 2.31 bits per heavy atom. The smallest absolute Gasteiger partial charge is 0.367 e. The lowest BCUT2D eigenvalue weighted by molar-refractivity contribution is 0.0535. The average molecular weight is 548 g/mol. The summed E-state index contributed by atoms with van der Waals surface area (Å²) < 4.78 is 62.8. The van der Waals surface area contributed by atoms with Crippen LogP contribution in [0.4, 0.5) is 8.78 Å². The first-order chi connectivity index (χ1) is 16.6. The molecule has 0 saturated heterocycles. The third kappa shape index (κ3) is 6.17. The fourth-order valence-electron chi connectivity index (χ4n) is 3.16. The summed E-state index contributed by atoms with van der Waals surface area (Å²) in [7, 11) is -3.67. The first-order valence-electron chi connectivity index (χ1n) is 10.3. The first kappa shape index (κ1) is 27.0. The molecule has 35 heavy (non-hydrogen) atoms. The van der Waals surface area contributed by atoms with Crippen LogP contribution in [0.5, 0.6) is 5.75 Å². The molecule has 0 aliphatic carbocycles. The lowest BCUT2D eigenvalue weighted by Crippen LogP contribution is -2.13. The van der Waals surface area contributed by atoms with E-state index < -0.39 is 49.8 Å². The van der Waals surface area contributed by atoms with Crippen LogP contribution in [0.1, 0.15) is 39.4 Å². The molecule has 0 aliphatic heterocycles. The molecule has 1 amide bonds. The van der Waals surface area contributed by atoms with E-state index in [0.717, 1.165) is 23.5 Å². The molecule has 0 unspecified atom stereocenters. The van der Waals surface area contributed by atoms with E-state index in [4.69, 9.17) is 35.9 Å². The van der Waals surface area contributed by atoms with Crippen molar-refractivity contribution in [3.63, 3.8) is 0 Å². The van der Waals surface area contributed by atoms with Crippen LogP contribution in [0.25, 0.3) is 10.1 Å². The van der Waals surface area contributed by atoms with Gasteiger partial charge in [-0.25, -0.2) is 13.6 Å². The van der Waals surface area contributed by atoms with Crippen LogP contribution < -0.4 is 10.5 Å². The maximum atomic E-state index is 14.4. The molecular formula is C22H21ClF2NO7PS. The summed E-state index contributed by atoms with van der Waals surface area (Å²) in [4.78, 5) is 24.2. The number of esters is 1. The minimum Gasteiger partial charge on any atom is -0.483 e. The van der Waals surface area contributed by atoms with Crippen LogP contribution in [0, 0.1) is 11.6 Å². The molecule has 1 aromatic heterocycles. The first-order valence-corrected chi connectivity index (χ1v) is 13.2. The van der Waals surface area contributed by atoms with Gasteiger partial charge in [-0.15, -0.1) is 11.3 Å². The number of fused-ring (bicyclic) bond motifs is 1. The van der Waals surface area contributed by atoms with Gasteiger partial charge in [0.2, 0.25) is 5.91 Å². The Kier molecular flexibility index (Phi) is 8.84. The number of primary amides is 1. The zero-order chi connectivity index (χ0) is 25.8. The number of amides is 1. The van der Waals surface area contributed by atoms with Gasteiger partial charge in [-0.3, -0.25) is 9.36 Å². The minimum absolute atomic E-state index is 0.0298. The van der Waals surface area contributed by atoms with E-state index in [1.54, 1.807) is 32.0 Å². The second-order valence-electron chi connectivity index (χ2n) is 6.95. The van der Waals surface area contributed by atoms with E-state index in [1.165, 1.54) is 0 Å². The van der Waals surface area contributed by atoms with Gasteiger partial charge in [0, 0.05) is 26.2 Å². The van der Waals surface area contributed by atoms with Gasteiger partial charge in [0.15, 0.2) is 23.7 Å². The maximum Gasteiger partial charge on any atom is 0.367 e. The number of hydrogen-bond donors (Lipinski definition) is 1. The van der Waals surface area contributed by atoms with Crippen LogP contribution in [0.2, 0.25) is 5.02 Å². The van der Waals surface area contributed by atoms with Gasteiger partial charge in [0.1, 0.15) is 11.5 Å². The van der Waals surface area contributed by atoms with Crippen molar-refractivity contribution in [3.05, 3.63) is 63.0 Å². The topological polar surface area (TPSA) is 114 Å². The number of hydrogen-bond acceptors (Lipinski definition) is 8. The molecule has 0 atom stereocenters. The fourth-order valence-corrected chi connectivity index (χ4v) is 5.92. The van der Waals surface area contributed by atoms with Crippen LogP contribution in [-0.4, -0.2) is 31.4 Å². The quantitative estimate of drug-likeness (QED) is 0.235. The van der Waals surface area contributed by atoms with Gasteiger partial charge in [-0.05, 0) is 38.1 Å². The molecular weight excluding hydrogens is 527 g/mol. The second kappa shape index (κ2) is 11.5. The van der Waals surface area contributed by atoms with Crippen molar-refractivity contribution >= 4 is 52.5 Å². The summed E-state index contributed by atoms with van der Waals surface area (Å²) in [5.74, 6) is -4.94. The second-order valence-corrected chi connectivity index (χ2v) is 10.4. The summed E-state index contributed by atoms with van der Waals surface area (Å²) >= 11 is 7.34. The summed E-state index contributed by atoms with van der Waals surface area (Å²) in [5, 5.41) is 0.703. The molecule has 2 aromatic carbocycles. The predicted molar refractivity (Wildman–Crippen MR) is 127 cm³/mol. The summed E-state index contributed by atoms with van der Waals surface area (Å²) in [6.07, 6.45) is -0.631. The van der Waals surface area contributed by atoms with Gasteiger partial charge in [0.05, 0.1) is 13.2 Å². The summed E-state index contributed by atoms with van der Waals surface area (Å²) in [5.41, 5.74) is 4.91. The third-order valence-corrected chi connectivity index (χ3v) is 7.84. The Labute approximate surface area is 208 Å². The van der Waals surface area contributed by atoms with Crippen molar-refractivity contribution in [1.29, 1.82) is 0 Å². The number of carbonyl (C=O) groups is 2. The predicted octanol–water partition coefficient (Wildman–Crippen LogP) is 5.89. The van der Waals surface area contributed by atoms with Gasteiger partial charge < -0.3 is 24.3 Å². The zero-order valence-electron chi connectivity index (χ0n) is 18.6. The largest absolute Gasteiger partial charge is 0.483 e. The van der Waals surface area contributed by atoms with Crippen LogP contribution in [0.15, 0.2) is 30.3 Å². The molecule has 1 heterocycles. The average Bonchev–Trinajstić information content (AvgIpc) is 3.17. The molecule has 2 N–H and O–H groups in total. The Morgan fingerprint density at radius 1 is 1.11 bits per heavy atom. The van der Waals surface area contributed by atoms with Gasteiger partial charge >= 0.3 is 13.6 Å². The monoisotopic (exact) mass is 547 g/mol. The van der Waals surface area contributed by atoms with Gasteiger partial charge in [0.25, 0.3) is 0 Å². The standard InChI is InChI=1S/C22H21ClF2NO7PS/c1-3-32-34(29,33-4-2)11-31-22(28)20-13(18-14(23)6-5-7-17(18)35-20)10-30-19-15(24)8-12(21(26)27)9-16(19)25/h5-9H,3-4,10-11H2,1-2H3,(H2,26,27). The maximum absolute atomic E-state index is 14.4. The Bertz CT molecular complexity index is 1280. The highest BCUT2D eigenvalue weighted by Crippen LogP contribution is 2.48. The molecule has 8 nitrogen and oxygen atoms in total. The van der Waals surface area contributed by atoms with Gasteiger partial charge in [-0.1, -0.05) is 17.7 Å². The van der Waals surface area contributed by atoms with Crippen LogP contribution in [-0.2, 0) is 25.0 Å². The number of halogens is 3. The number of ether oxygens (including phenoxy) is 2. The van der Waals surface area contributed by atoms with Crippen molar-refractivity contribution in [3.8, 4) is 5.75 Å². The molecule has 0 aliphatic rings. The van der Waals surface area contributed by atoms with Crippen molar-refractivity contribution in [1.82, 2.24) is 0 Å². The van der Waals surface area contributed by atoms with Crippen molar-refractivity contribution in [2.75, 3.05) is 19.6 Å². The lowest BCUT2D eigenvalue weighted by atomic mass is 10.1. The van der Waals surface area contributed by atoms with E-state index in [2.05, 4.69) is 0 Å².